The lowest BCUT2D eigenvalue weighted by Crippen LogP contribution is -2.59. The highest BCUT2D eigenvalue weighted by Gasteiger charge is 2.42. The summed E-state index contributed by atoms with van der Waals surface area (Å²) in [6, 6.07) is -0.0417. The van der Waals surface area contributed by atoms with E-state index >= 15 is 0 Å². The van der Waals surface area contributed by atoms with Crippen LogP contribution < -0.4 is 5.32 Å². The summed E-state index contributed by atoms with van der Waals surface area (Å²) in [5.41, 5.74) is -0.480. The van der Waals surface area contributed by atoms with Crippen molar-refractivity contribution in [2.24, 2.45) is 11.8 Å². The van der Waals surface area contributed by atoms with Crippen LogP contribution in [0.2, 0.25) is 0 Å². The third-order valence-electron chi connectivity index (χ3n) is 5.75. The van der Waals surface area contributed by atoms with Crippen LogP contribution in [0.25, 0.3) is 0 Å². The molecule has 1 saturated heterocycles. The van der Waals surface area contributed by atoms with Crippen LogP contribution in [0.5, 0.6) is 0 Å². The third-order valence-corrected chi connectivity index (χ3v) is 5.75. The normalized spacial score (nSPS) is 31.0. The van der Waals surface area contributed by atoms with Crippen molar-refractivity contribution in [2.75, 3.05) is 13.1 Å². The van der Waals surface area contributed by atoms with E-state index < -0.39 is 11.5 Å². The van der Waals surface area contributed by atoms with Crippen molar-refractivity contribution < 1.29 is 14.7 Å². The number of likely N-dealkylation sites (tertiary alicyclic amines) is 1. The van der Waals surface area contributed by atoms with Crippen LogP contribution in [0.15, 0.2) is 0 Å². The van der Waals surface area contributed by atoms with Gasteiger partial charge in [0.1, 0.15) is 0 Å². The Kier molecular flexibility index (Phi) is 4.09. The molecule has 0 aromatic rings. The van der Waals surface area contributed by atoms with Crippen molar-refractivity contribution in [1.82, 2.24) is 10.2 Å². The number of nitrogens with zero attached hydrogens (tertiary/aromatic N) is 1. The van der Waals surface area contributed by atoms with Crippen molar-refractivity contribution in [3.63, 3.8) is 0 Å². The smallest absolute Gasteiger partial charge is 0.317 e. The first kappa shape index (κ1) is 14.7. The quantitative estimate of drug-likeness (QED) is 0.840. The molecule has 3 aliphatic rings. The summed E-state index contributed by atoms with van der Waals surface area (Å²) in [4.78, 5) is 25.4. The minimum atomic E-state index is -0.819. The number of rotatable bonds is 3. The summed E-state index contributed by atoms with van der Waals surface area (Å²) >= 11 is 0. The second kappa shape index (κ2) is 5.85. The average molecular weight is 294 g/mol. The first-order chi connectivity index (χ1) is 10.1. The fourth-order valence-electron chi connectivity index (χ4n) is 4.33. The van der Waals surface area contributed by atoms with Crippen LogP contribution in [0.1, 0.15) is 57.8 Å². The third kappa shape index (κ3) is 3.16. The largest absolute Gasteiger partial charge is 0.481 e. The number of aliphatic carboxylic acids is 1. The van der Waals surface area contributed by atoms with E-state index in [0.29, 0.717) is 5.92 Å². The highest BCUT2D eigenvalue weighted by atomic mass is 16.4. The maximum Gasteiger partial charge on any atom is 0.317 e. The molecular formula is C16H26N2O3. The van der Waals surface area contributed by atoms with E-state index in [-0.39, 0.29) is 12.5 Å². The lowest BCUT2D eigenvalue weighted by Gasteiger charge is -2.45. The molecular weight excluding hydrogens is 268 g/mol. The fraction of sp³-hybridized carbons (Fsp3) is 0.875. The van der Waals surface area contributed by atoms with Crippen LogP contribution in [-0.4, -0.2) is 40.6 Å². The van der Waals surface area contributed by atoms with Gasteiger partial charge in [0.05, 0.1) is 12.0 Å². The van der Waals surface area contributed by atoms with E-state index in [1.165, 1.54) is 25.7 Å². The first-order valence-electron chi connectivity index (χ1n) is 8.37. The molecule has 2 amide bonds. The van der Waals surface area contributed by atoms with Crippen molar-refractivity contribution in [3.8, 4) is 0 Å². The summed E-state index contributed by atoms with van der Waals surface area (Å²) in [7, 11) is 0. The monoisotopic (exact) mass is 294 g/mol. The highest BCUT2D eigenvalue weighted by molar-refractivity contribution is 5.77. The predicted molar refractivity (Wildman–Crippen MR) is 79.0 cm³/mol. The molecule has 21 heavy (non-hydrogen) atoms. The summed E-state index contributed by atoms with van der Waals surface area (Å²) in [6.07, 6.45) is 8.98. The SMILES string of the molecule is O=C(O)CC1(NC(=O)N2CCC3CCCCC3C2)CCC1. The summed E-state index contributed by atoms with van der Waals surface area (Å²) in [6.45, 7) is 1.69. The van der Waals surface area contributed by atoms with E-state index in [1.807, 2.05) is 4.90 Å². The number of nitrogens with one attached hydrogen (secondary N) is 1. The Balaban J connectivity index is 1.56. The van der Waals surface area contributed by atoms with Gasteiger partial charge in [-0.2, -0.15) is 0 Å². The van der Waals surface area contributed by atoms with E-state index in [2.05, 4.69) is 5.32 Å². The lowest BCUT2D eigenvalue weighted by molar-refractivity contribution is -0.139. The number of fused-ring (bicyclic) bond motifs is 1. The molecule has 2 N–H and O–H groups in total. The second-order valence-electron chi connectivity index (χ2n) is 7.17. The molecule has 118 valence electrons. The maximum absolute atomic E-state index is 12.5. The van der Waals surface area contributed by atoms with Crippen LogP contribution in [0, 0.1) is 11.8 Å². The minimum Gasteiger partial charge on any atom is -0.481 e. The molecule has 0 aromatic carbocycles. The van der Waals surface area contributed by atoms with Crippen LogP contribution in [0.3, 0.4) is 0 Å². The Bertz CT molecular complexity index is 420. The molecule has 1 aliphatic heterocycles. The molecule has 2 aliphatic carbocycles. The Hall–Kier alpha value is -1.26. The molecule has 0 spiro atoms. The Morgan fingerprint density at radius 3 is 2.43 bits per heavy atom. The van der Waals surface area contributed by atoms with Gasteiger partial charge in [0.15, 0.2) is 0 Å². The molecule has 2 unspecified atom stereocenters. The van der Waals surface area contributed by atoms with Crippen molar-refractivity contribution in [2.45, 2.75) is 63.3 Å². The Morgan fingerprint density at radius 2 is 1.81 bits per heavy atom. The number of urea groups is 1. The topological polar surface area (TPSA) is 69.6 Å². The van der Waals surface area contributed by atoms with Crippen molar-refractivity contribution in [3.05, 3.63) is 0 Å². The van der Waals surface area contributed by atoms with E-state index in [9.17, 15) is 9.59 Å². The van der Waals surface area contributed by atoms with Crippen LogP contribution in [-0.2, 0) is 4.79 Å². The molecule has 3 rings (SSSR count). The zero-order valence-electron chi connectivity index (χ0n) is 12.6. The Morgan fingerprint density at radius 1 is 1.10 bits per heavy atom. The maximum atomic E-state index is 12.5. The number of hydrogen-bond donors (Lipinski definition) is 2. The van der Waals surface area contributed by atoms with Gasteiger partial charge in [-0.05, 0) is 43.9 Å². The number of amides is 2. The molecule has 1 heterocycles. The number of hydrogen-bond acceptors (Lipinski definition) is 2. The van der Waals surface area contributed by atoms with Gasteiger partial charge in [0, 0.05) is 13.1 Å². The Labute approximate surface area is 126 Å². The van der Waals surface area contributed by atoms with E-state index in [4.69, 9.17) is 5.11 Å². The number of carbonyl (C=O) groups is 2. The number of piperidine rings is 1. The first-order valence-corrected chi connectivity index (χ1v) is 8.37. The molecule has 3 fully saturated rings. The average Bonchev–Trinajstić information content (AvgIpc) is 2.43. The summed E-state index contributed by atoms with van der Waals surface area (Å²) in [5, 5.41) is 12.1. The minimum absolute atomic E-state index is 0.0417. The van der Waals surface area contributed by atoms with Gasteiger partial charge in [-0.25, -0.2) is 4.79 Å². The predicted octanol–water partition coefficient (Wildman–Crippen LogP) is 2.61. The van der Waals surface area contributed by atoms with Gasteiger partial charge in [-0.15, -0.1) is 0 Å². The molecule has 5 heteroatoms. The molecule has 0 radical (unpaired) electrons. The number of carbonyl (C=O) groups excluding carboxylic acids is 1. The van der Waals surface area contributed by atoms with Crippen molar-refractivity contribution >= 4 is 12.0 Å². The van der Waals surface area contributed by atoms with Crippen LogP contribution >= 0.6 is 0 Å². The number of carboxylic acid groups (broad SMARTS) is 1. The second-order valence-corrected chi connectivity index (χ2v) is 7.17. The molecule has 0 aromatic heterocycles. The van der Waals surface area contributed by atoms with Gasteiger partial charge in [0.25, 0.3) is 0 Å². The van der Waals surface area contributed by atoms with Gasteiger partial charge in [-0.1, -0.05) is 19.3 Å². The molecule has 5 nitrogen and oxygen atoms in total. The van der Waals surface area contributed by atoms with Crippen molar-refractivity contribution in [1.29, 1.82) is 0 Å². The van der Waals surface area contributed by atoms with E-state index in [1.54, 1.807) is 0 Å². The standard InChI is InChI=1S/C16H26N2O3/c19-14(20)10-16(7-3-8-16)17-15(21)18-9-6-12-4-1-2-5-13(12)11-18/h12-13H,1-11H2,(H,17,21)(H,19,20). The van der Waals surface area contributed by atoms with Gasteiger partial charge < -0.3 is 15.3 Å². The summed E-state index contributed by atoms with van der Waals surface area (Å²) < 4.78 is 0. The van der Waals surface area contributed by atoms with Crippen LogP contribution in [0.4, 0.5) is 4.79 Å². The van der Waals surface area contributed by atoms with E-state index in [0.717, 1.165) is 44.7 Å². The van der Waals surface area contributed by atoms with Gasteiger partial charge in [0.2, 0.25) is 0 Å². The van der Waals surface area contributed by atoms with Gasteiger partial charge >= 0.3 is 12.0 Å². The zero-order chi connectivity index (χ0) is 14.9. The molecule has 0 bridgehead atoms. The molecule has 2 atom stereocenters. The highest BCUT2D eigenvalue weighted by Crippen LogP contribution is 2.37. The molecule has 2 saturated carbocycles. The van der Waals surface area contributed by atoms with Gasteiger partial charge in [-0.3, -0.25) is 4.79 Å². The lowest BCUT2D eigenvalue weighted by atomic mass is 9.74. The summed E-state index contributed by atoms with van der Waals surface area (Å²) in [5.74, 6) is 0.649. The zero-order valence-corrected chi connectivity index (χ0v) is 12.6. The number of carboxylic acids is 1. The fourth-order valence-corrected chi connectivity index (χ4v) is 4.33.